The van der Waals surface area contributed by atoms with Crippen LogP contribution in [0.2, 0.25) is 0 Å². The number of nitrogens with zero attached hydrogens (tertiary/aromatic N) is 3. The first kappa shape index (κ1) is 16.1. The van der Waals surface area contributed by atoms with Crippen molar-refractivity contribution in [2.75, 3.05) is 0 Å². The minimum atomic E-state index is -0.292. The smallest absolute Gasteiger partial charge is 0.217 e. The number of nitrogens with two attached hydrogens (primary N) is 1. The fraction of sp³-hybridized carbons (Fsp3) is 0.471. The number of aryl methyl sites for hydroxylation is 3. The number of aromatic nitrogens is 3. The van der Waals surface area contributed by atoms with Crippen LogP contribution in [0.5, 0.6) is 0 Å². The molecule has 1 aromatic carbocycles. The lowest BCUT2D eigenvalue weighted by molar-refractivity contribution is -0.118. The molecule has 122 valence electrons. The zero-order chi connectivity index (χ0) is 16.4. The van der Waals surface area contributed by atoms with E-state index in [1.165, 1.54) is 29.5 Å². The summed E-state index contributed by atoms with van der Waals surface area (Å²) < 4.78 is 2.21. The molecule has 2 N–H and O–H groups in total. The number of benzene rings is 1. The maximum atomic E-state index is 11.0. The molecule has 1 saturated carbocycles. The van der Waals surface area contributed by atoms with Gasteiger partial charge in [-0.2, -0.15) is 0 Å². The molecule has 1 aliphatic carbocycles. The van der Waals surface area contributed by atoms with E-state index >= 15 is 0 Å². The zero-order valence-corrected chi connectivity index (χ0v) is 14.4. The Kier molecular flexibility index (Phi) is 4.71. The van der Waals surface area contributed by atoms with Crippen molar-refractivity contribution in [1.82, 2.24) is 14.8 Å². The molecule has 1 aliphatic rings. The van der Waals surface area contributed by atoms with Crippen LogP contribution in [0, 0.1) is 13.8 Å². The summed E-state index contributed by atoms with van der Waals surface area (Å²) in [6.07, 6.45) is 3.23. The lowest BCUT2D eigenvalue weighted by Crippen LogP contribution is -2.13. The second-order valence-electron chi connectivity index (χ2n) is 6.18. The molecule has 1 amide bonds. The van der Waals surface area contributed by atoms with Gasteiger partial charge in [0.15, 0.2) is 5.16 Å². The Bertz CT molecular complexity index is 721. The summed E-state index contributed by atoms with van der Waals surface area (Å²) in [4.78, 5) is 11.0. The van der Waals surface area contributed by atoms with Gasteiger partial charge in [0.2, 0.25) is 5.91 Å². The highest BCUT2D eigenvalue weighted by Crippen LogP contribution is 2.39. The lowest BCUT2D eigenvalue weighted by atomic mass is 10.1. The van der Waals surface area contributed by atoms with E-state index < -0.39 is 0 Å². The van der Waals surface area contributed by atoms with Crippen molar-refractivity contribution < 1.29 is 4.79 Å². The normalized spacial score (nSPS) is 14.2. The third-order valence-corrected chi connectivity index (χ3v) is 5.10. The van der Waals surface area contributed by atoms with Crippen LogP contribution in [0.4, 0.5) is 0 Å². The average molecular weight is 330 g/mol. The molecule has 2 aromatic rings. The highest BCUT2D eigenvalue weighted by Gasteiger charge is 2.29. The van der Waals surface area contributed by atoms with Crippen molar-refractivity contribution in [3.05, 3.63) is 40.7 Å². The Labute approximate surface area is 140 Å². The third-order valence-electron chi connectivity index (χ3n) is 4.10. The minimum Gasteiger partial charge on any atom is -0.370 e. The number of carbonyl (C=O) groups excluding carboxylic acids is 1. The maximum Gasteiger partial charge on any atom is 0.217 e. The molecule has 6 heteroatoms. The van der Waals surface area contributed by atoms with Crippen molar-refractivity contribution in [1.29, 1.82) is 0 Å². The number of rotatable bonds is 7. The van der Waals surface area contributed by atoms with Crippen molar-refractivity contribution in [3.8, 4) is 0 Å². The van der Waals surface area contributed by atoms with Crippen molar-refractivity contribution in [2.24, 2.45) is 5.73 Å². The Morgan fingerprint density at radius 1 is 1.35 bits per heavy atom. The Hall–Kier alpha value is -1.82. The van der Waals surface area contributed by atoms with E-state index in [4.69, 9.17) is 5.73 Å². The van der Waals surface area contributed by atoms with Gasteiger partial charge >= 0.3 is 0 Å². The molecule has 0 saturated heterocycles. The van der Waals surface area contributed by atoms with Gasteiger partial charge in [0.25, 0.3) is 0 Å². The predicted molar refractivity (Wildman–Crippen MR) is 91.3 cm³/mol. The largest absolute Gasteiger partial charge is 0.370 e. The summed E-state index contributed by atoms with van der Waals surface area (Å²) in [6, 6.07) is 7.02. The number of amides is 1. The van der Waals surface area contributed by atoms with E-state index in [1.54, 1.807) is 11.8 Å². The van der Waals surface area contributed by atoms with E-state index in [-0.39, 0.29) is 5.91 Å². The Balaban J connectivity index is 1.75. The fourth-order valence-electron chi connectivity index (χ4n) is 2.61. The molecule has 1 aromatic heterocycles. The highest BCUT2D eigenvalue weighted by atomic mass is 32.2. The second-order valence-corrected chi connectivity index (χ2v) is 7.13. The predicted octanol–water partition coefficient (Wildman–Crippen LogP) is 2.94. The van der Waals surface area contributed by atoms with Gasteiger partial charge in [-0.1, -0.05) is 35.5 Å². The van der Waals surface area contributed by atoms with Crippen molar-refractivity contribution in [3.63, 3.8) is 0 Å². The molecule has 3 rings (SSSR count). The molecule has 0 aliphatic heterocycles. The van der Waals surface area contributed by atoms with Crippen LogP contribution in [-0.2, 0) is 17.0 Å². The fourth-order valence-corrected chi connectivity index (χ4v) is 3.70. The quantitative estimate of drug-likeness (QED) is 0.792. The first-order valence-electron chi connectivity index (χ1n) is 7.95. The van der Waals surface area contributed by atoms with Gasteiger partial charge in [0.1, 0.15) is 5.82 Å². The van der Waals surface area contributed by atoms with Crippen LogP contribution >= 0.6 is 11.8 Å². The number of hydrogen-bond donors (Lipinski definition) is 1. The molecule has 1 heterocycles. The highest BCUT2D eigenvalue weighted by molar-refractivity contribution is 7.98. The van der Waals surface area contributed by atoms with Gasteiger partial charge in [0.05, 0.1) is 0 Å². The number of hydrogen-bond acceptors (Lipinski definition) is 4. The third kappa shape index (κ3) is 3.93. The Morgan fingerprint density at radius 3 is 2.83 bits per heavy atom. The summed E-state index contributed by atoms with van der Waals surface area (Å²) in [6.45, 7) is 4.25. The monoisotopic (exact) mass is 330 g/mol. The summed E-state index contributed by atoms with van der Waals surface area (Å²) in [5, 5.41) is 9.58. The molecule has 0 spiro atoms. The van der Waals surface area contributed by atoms with E-state index in [9.17, 15) is 4.79 Å². The minimum absolute atomic E-state index is 0.292. The zero-order valence-electron chi connectivity index (χ0n) is 13.6. The van der Waals surface area contributed by atoms with E-state index in [0.29, 0.717) is 18.9 Å². The summed E-state index contributed by atoms with van der Waals surface area (Å²) in [5.41, 5.74) is 9.16. The van der Waals surface area contributed by atoms with Crippen molar-refractivity contribution >= 4 is 17.7 Å². The van der Waals surface area contributed by atoms with Gasteiger partial charge in [-0.3, -0.25) is 4.79 Å². The second kappa shape index (κ2) is 6.74. The molecule has 0 unspecified atom stereocenters. The molecule has 0 bridgehead atoms. The topological polar surface area (TPSA) is 73.8 Å². The first-order chi connectivity index (χ1) is 11.0. The number of carbonyl (C=O) groups is 1. The van der Waals surface area contributed by atoms with Crippen LogP contribution in [0.15, 0.2) is 23.4 Å². The van der Waals surface area contributed by atoms with E-state index in [1.807, 2.05) is 0 Å². The average Bonchev–Trinajstić information content (AvgIpc) is 3.27. The summed E-state index contributed by atoms with van der Waals surface area (Å²) in [7, 11) is 0. The van der Waals surface area contributed by atoms with Crippen molar-refractivity contribution in [2.45, 2.75) is 56.5 Å². The molecule has 1 fully saturated rings. The maximum absolute atomic E-state index is 11.0. The SMILES string of the molecule is Cc1ccc(C)c(CSc2nnc(CCC(N)=O)n2C2CC2)c1. The number of thioether (sulfide) groups is 1. The van der Waals surface area contributed by atoms with Gasteiger partial charge in [0, 0.05) is 24.6 Å². The lowest BCUT2D eigenvalue weighted by Gasteiger charge is -2.10. The van der Waals surface area contributed by atoms with Gasteiger partial charge < -0.3 is 10.3 Å². The van der Waals surface area contributed by atoms with E-state index in [2.05, 4.69) is 46.8 Å². The van der Waals surface area contributed by atoms with Crippen LogP contribution in [0.25, 0.3) is 0 Å². The van der Waals surface area contributed by atoms with Gasteiger partial charge in [-0.25, -0.2) is 0 Å². The van der Waals surface area contributed by atoms with Gasteiger partial charge in [-0.05, 0) is 37.8 Å². The molecule has 23 heavy (non-hydrogen) atoms. The first-order valence-corrected chi connectivity index (χ1v) is 8.94. The Morgan fingerprint density at radius 2 is 2.13 bits per heavy atom. The van der Waals surface area contributed by atoms with Gasteiger partial charge in [-0.15, -0.1) is 10.2 Å². The molecular formula is C17H22N4OS. The summed E-state index contributed by atoms with van der Waals surface area (Å²) >= 11 is 1.72. The molecule has 5 nitrogen and oxygen atoms in total. The van der Waals surface area contributed by atoms with Crippen LogP contribution in [-0.4, -0.2) is 20.7 Å². The van der Waals surface area contributed by atoms with E-state index in [0.717, 1.165) is 16.7 Å². The molecule has 0 radical (unpaired) electrons. The van der Waals surface area contributed by atoms with Crippen LogP contribution in [0.3, 0.4) is 0 Å². The molecule has 0 atom stereocenters. The summed E-state index contributed by atoms with van der Waals surface area (Å²) in [5.74, 6) is 1.48. The van der Waals surface area contributed by atoms with Crippen LogP contribution in [0.1, 0.15) is 47.8 Å². The molecular weight excluding hydrogens is 308 g/mol. The van der Waals surface area contributed by atoms with Crippen LogP contribution < -0.4 is 5.73 Å². The number of primary amides is 1. The standard InChI is InChI=1S/C17H22N4OS/c1-11-3-4-12(2)13(9-11)10-23-17-20-19-16(8-7-15(18)22)21(17)14-5-6-14/h3-4,9,14H,5-8,10H2,1-2H3,(H2,18,22).